The lowest BCUT2D eigenvalue weighted by Crippen LogP contribution is -3.04. The lowest BCUT2D eigenvalue weighted by atomic mass is 9.99. The topological polar surface area (TPSA) is 69.4 Å². The van der Waals surface area contributed by atoms with Gasteiger partial charge in [-0.2, -0.15) is 0 Å². The van der Waals surface area contributed by atoms with E-state index in [1.54, 1.807) is 51.5 Å². The summed E-state index contributed by atoms with van der Waals surface area (Å²) in [5.74, 6) is 1.82. The van der Waals surface area contributed by atoms with Crippen molar-refractivity contribution in [2.75, 3.05) is 28.3 Å². The van der Waals surface area contributed by atoms with Gasteiger partial charge in [-0.3, -0.25) is 4.79 Å². The lowest BCUT2D eigenvalue weighted by molar-refractivity contribution is -0.872. The Morgan fingerprint density at radius 3 is 2.56 bits per heavy atom. The fraction of sp³-hybridized carbons (Fsp3) is 0.286. The highest BCUT2D eigenvalue weighted by Gasteiger charge is 2.34. The van der Waals surface area contributed by atoms with Gasteiger partial charge < -0.3 is 24.2 Å². The van der Waals surface area contributed by atoms with Crippen LogP contribution >= 0.6 is 0 Å². The molecule has 0 aliphatic carbocycles. The van der Waals surface area contributed by atoms with Crippen molar-refractivity contribution in [3.63, 3.8) is 0 Å². The summed E-state index contributed by atoms with van der Waals surface area (Å²) in [5.41, 5.74) is 2.49. The van der Waals surface area contributed by atoms with Gasteiger partial charge in [-0.05, 0) is 42.8 Å². The third-order valence-corrected chi connectivity index (χ3v) is 4.47. The zero-order valence-electron chi connectivity index (χ0n) is 16.2. The second kappa shape index (κ2) is 7.32. The lowest BCUT2D eigenvalue weighted by Gasteiger charge is -2.13. The maximum Gasteiger partial charge on any atom is 0.232 e. The van der Waals surface area contributed by atoms with Crippen LogP contribution in [-0.4, -0.2) is 39.2 Å². The van der Waals surface area contributed by atoms with E-state index < -0.39 is 0 Å². The Morgan fingerprint density at radius 1 is 1.19 bits per heavy atom. The van der Waals surface area contributed by atoms with Crippen LogP contribution in [0.2, 0.25) is 0 Å². The van der Waals surface area contributed by atoms with Crippen LogP contribution in [0.5, 0.6) is 23.0 Å². The molecule has 142 valence electrons. The maximum atomic E-state index is 13.0. The van der Waals surface area contributed by atoms with Gasteiger partial charge in [0.05, 0.1) is 39.4 Å². The average Bonchev–Trinajstić information content (AvgIpc) is 2.95. The minimum absolute atomic E-state index is 0.139. The van der Waals surface area contributed by atoms with Crippen LogP contribution in [0.1, 0.15) is 27.0 Å². The van der Waals surface area contributed by atoms with Gasteiger partial charge in [0.1, 0.15) is 23.8 Å². The van der Waals surface area contributed by atoms with Crippen molar-refractivity contribution in [1.29, 1.82) is 0 Å². The van der Waals surface area contributed by atoms with Crippen molar-refractivity contribution < 1.29 is 29.0 Å². The second-order valence-electron chi connectivity index (χ2n) is 6.83. The highest BCUT2D eigenvalue weighted by Crippen LogP contribution is 2.42. The molecule has 2 aromatic rings. The molecule has 1 heterocycles. The van der Waals surface area contributed by atoms with E-state index in [9.17, 15) is 9.90 Å². The summed E-state index contributed by atoms with van der Waals surface area (Å²) < 4.78 is 16.6. The fourth-order valence-corrected chi connectivity index (χ4v) is 3.20. The molecule has 1 aliphatic heterocycles. The number of fused-ring (bicyclic) bond motifs is 1. The Balaban J connectivity index is 2.10. The maximum absolute atomic E-state index is 13.0. The average molecular weight is 370 g/mol. The number of phenols is 1. The van der Waals surface area contributed by atoms with E-state index in [1.807, 2.05) is 14.1 Å². The minimum Gasteiger partial charge on any atom is -0.507 e. The van der Waals surface area contributed by atoms with Gasteiger partial charge in [0, 0.05) is 5.56 Å². The summed E-state index contributed by atoms with van der Waals surface area (Å²) >= 11 is 0. The first-order chi connectivity index (χ1) is 12.8. The Morgan fingerprint density at radius 2 is 1.93 bits per heavy atom. The number of phenolic OH excluding ortho intramolecular Hbond substituents is 1. The number of hydrogen-bond donors (Lipinski definition) is 2. The molecule has 0 fully saturated rings. The molecule has 0 unspecified atom stereocenters. The van der Waals surface area contributed by atoms with Crippen molar-refractivity contribution in [3.8, 4) is 23.0 Å². The van der Waals surface area contributed by atoms with Crippen molar-refractivity contribution in [2.45, 2.75) is 13.5 Å². The molecule has 6 nitrogen and oxygen atoms in total. The van der Waals surface area contributed by atoms with Crippen LogP contribution < -0.4 is 19.1 Å². The number of methoxy groups -OCH3 is 2. The first kappa shape index (κ1) is 18.8. The number of hydrogen-bond acceptors (Lipinski definition) is 5. The predicted octanol–water partition coefficient (Wildman–Crippen LogP) is 1.98. The zero-order valence-corrected chi connectivity index (χ0v) is 16.2. The molecule has 2 aromatic carbocycles. The molecular weight excluding hydrogens is 346 g/mol. The standard InChI is InChI=1S/C21H23NO5/c1-12-8-16(23)15(11-22(2)3)21-19(12)20(24)18(27-21)10-13-9-14(25-4)6-7-17(13)26-5/h6-10,23H,11H2,1-5H3/p+1/b18-10-. The van der Waals surface area contributed by atoms with Gasteiger partial charge in [-0.25, -0.2) is 0 Å². The molecule has 0 atom stereocenters. The van der Waals surface area contributed by atoms with Crippen LogP contribution in [0, 0.1) is 6.92 Å². The molecule has 0 bridgehead atoms. The summed E-state index contributed by atoms with van der Waals surface area (Å²) in [6.45, 7) is 2.33. The van der Waals surface area contributed by atoms with Crippen LogP contribution in [0.4, 0.5) is 0 Å². The largest absolute Gasteiger partial charge is 0.507 e. The molecule has 1 aliphatic rings. The first-order valence-electron chi connectivity index (χ1n) is 8.66. The summed E-state index contributed by atoms with van der Waals surface area (Å²) in [6, 6.07) is 6.96. The van der Waals surface area contributed by atoms with E-state index in [1.165, 1.54) is 0 Å². The van der Waals surface area contributed by atoms with Crippen molar-refractivity contribution >= 4 is 11.9 Å². The van der Waals surface area contributed by atoms with E-state index in [0.29, 0.717) is 46.0 Å². The van der Waals surface area contributed by atoms with Gasteiger partial charge in [-0.15, -0.1) is 0 Å². The number of aromatic hydroxyl groups is 1. The van der Waals surface area contributed by atoms with E-state index in [0.717, 1.165) is 4.90 Å². The van der Waals surface area contributed by atoms with Gasteiger partial charge in [0.2, 0.25) is 5.78 Å². The van der Waals surface area contributed by atoms with E-state index >= 15 is 0 Å². The molecule has 6 heteroatoms. The highest BCUT2D eigenvalue weighted by molar-refractivity contribution is 6.16. The summed E-state index contributed by atoms with van der Waals surface area (Å²) in [7, 11) is 7.09. The number of ether oxygens (including phenoxy) is 3. The number of aryl methyl sites for hydroxylation is 1. The first-order valence-corrected chi connectivity index (χ1v) is 8.66. The van der Waals surface area contributed by atoms with Crippen molar-refractivity contribution in [2.24, 2.45) is 0 Å². The van der Waals surface area contributed by atoms with E-state index in [4.69, 9.17) is 14.2 Å². The summed E-state index contributed by atoms with van der Waals surface area (Å²) in [6.07, 6.45) is 1.65. The Hall–Kier alpha value is -2.99. The van der Waals surface area contributed by atoms with Crippen LogP contribution in [0.3, 0.4) is 0 Å². The minimum atomic E-state index is -0.206. The number of quaternary nitrogens is 1. The predicted molar refractivity (Wildman–Crippen MR) is 102 cm³/mol. The van der Waals surface area contributed by atoms with Gasteiger partial charge >= 0.3 is 0 Å². The second-order valence-corrected chi connectivity index (χ2v) is 6.83. The number of rotatable bonds is 5. The zero-order chi connectivity index (χ0) is 19.7. The Kier molecular flexibility index (Phi) is 5.10. The quantitative estimate of drug-likeness (QED) is 0.788. The number of carbonyl (C=O) groups excluding carboxylic acids is 1. The van der Waals surface area contributed by atoms with Gasteiger partial charge in [0.15, 0.2) is 11.5 Å². The Labute approximate surface area is 158 Å². The molecule has 27 heavy (non-hydrogen) atoms. The number of Topliss-reactive ketones (excluding diaryl/α,β-unsaturated/α-hetero) is 1. The van der Waals surface area contributed by atoms with Crippen LogP contribution in [0.25, 0.3) is 6.08 Å². The van der Waals surface area contributed by atoms with Gasteiger partial charge in [-0.1, -0.05) is 0 Å². The summed E-state index contributed by atoms with van der Waals surface area (Å²) in [4.78, 5) is 14.1. The van der Waals surface area contributed by atoms with E-state index in [2.05, 4.69) is 0 Å². The number of nitrogens with one attached hydrogen (secondary N) is 1. The highest BCUT2D eigenvalue weighted by atomic mass is 16.5. The molecule has 3 rings (SSSR count). The molecule has 0 radical (unpaired) electrons. The van der Waals surface area contributed by atoms with Crippen molar-refractivity contribution in [1.82, 2.24) is 0 Å². The molecule has 0 saturated carbocycles. The molecular formula is C21H24NO5+. The van der Waals surface area contributed by atoms with Crippen LogP contribution in [-0.2, 0) is 6.54 Å². The monoisotopic (exact) mass is 370 g/mol. The SMILES string of the molecule is COc1ccc(OC)c(/C=C2\Oc3c(C[NH+](C)C)c(O)cc(C)c3C2=O)c1. The number of carbonyl (C=O) groups is 1. The molecule has 0 amide bonds. The van der Waals surface area contributed by atoms with E-state index in [-0.39, 0.29) is 17.3 Å². The van der Waals surface area contributed by atoms with Gasteiger partial charge in [0.25, 0.3) is 0 Å². The normalized spacial score (nSPS) is 14.4. The number of allylic oxidation sites excluding steroid dienone is 1. The number of benzene rings is 2. The fourth-order valence-electron chi connectivity index (χ4n) is 3.20. The molecule has 0 spiro atoms. The molecule has 0 aromatic heterocycles. The Bertz CT molecular complexity index is 931. The smallest absolute Gasteiger partial charge is 0.232 e. The molecule has 0 saturated heterocycles. The third kappa shape index (κ3) is 3.48. The van der Waals surface area contributed by atoms with Crippen molar-refractivity contribution in [3.05, 3.63) is 52.3 Å². The third-order valence-electron chi connectivity index (χ3n) is 4.47. The molecule has 2 N–H and O–H groups in total. The number of ketones is 1. The summed E-state index contributed by atoms with van der Waals surface area (Å²) in [5, 5.41) is 10.4. The van der Waals surface area contributed by atoms with Crippen LogP contribution in [0.15, 0.2) is 30.0 Å².